The Balaban J connectivity index is 1.60. The molecule has 3 rings (SSSR count). The number of amides is 3. The number of benzene rings is 2. The van der Waals surface area contributed by atoms with E-state index in [0.29, 0.717) is 11.4 Å². The highest BCUT2D eigenvalue weighted by molar-refractivity contribution is 7.98. The van der Waals surface area contributed by atoms with Gasteiger partial charge in [-0.05, 0) is 30.5 Å². The number of carbonyl (C=O) groups excluding carboxylic acids is 3. The third kappa shape index (κ3) is 4.94. The Kier molecular flexibility index (Phi) is 6.99. The minimum Gasteiger partial charge on any atom is -0.497 e. The van der Waals surface area contributed by atoms with Crippen molar-refractivity contribution in [2.24, 2.45) is 5.92 Å². The summed E-state index contributed by atoms with van der Waals surface area (Å²) >= 11 is 1.54. The lowest BCUT2D eigenvalue weighted by Crippen LogP contribution is -2.39. The summed E-state index contributed by atoms with van der Waals surface area (Å²) in [4.78, 5) is 41.7. The molecular formula is C22H25N3O4S. The van der Waals surface area contributed by atoms with E-state index >= 15 is 0 Å². The van der Waals surface area contributed by atoms with Gasteiger partial charge in [-0.1, -0.05) is 18.2 Å². The summed E-state index contributed by atoms with van der Waals surface area (Å²) < 4.78 is 5.21. The van der Waals surface area contributed by atoms with Gasteiger partial charge >= 0.3 is 0 Å². The number of nitrogens with zero attached hydrogens (tertiary/aromatic N) is 2. The lowest BCUT2D eigenvalue weighted by molar-refractivity contribution is -0.137. The van der Waals surface area contributed by atoms with E-state index in [4.69, 9.17) is 4.74 Å². The van der Waals surface area contributed by atoms with Crippen LogP contribution in [0.25, 0.3) is 0 Å². The maximum atomic E-state index is 12.8. The number of hydrogen-bond donors (Lipinski definition) is 1. The van der Waals surface area contributed by atoms with Crippen LogP contribution in [0.1, 0.15) is 6.42 Å². The Morgan fingerprint density at radius 1 is 1.23 bits per heavy atom. The lowest BCUT2D eigenvalue weighted by Gasteiger charge is -2.21. The third-order valence-electron chi connectivity index (χ3n) is 4.98. The molecule has 0 radical (unpaired) electrons. The van der Waals surface area contributed by atoms with Gasteiger partial charge in [0.05, 0.1) is 25.3 Å². The molecule has 0 spiro atoms. The van der Waals surface area contributed by atoms with Gasteiger partial charge in [0.25, 0.3) is 0 Å². The van der Waals surface area contributed by atoms with Gasteiger partial charge in [-0.15, -0.1) is 11.8 Å². The van der Waals surface area contributed by atoms with E-state index in [2.05, 4.69) is 5.32 Å². The topological polar surface area (TPSA) is 79.0 Å². The van der Waals surface area contributed by atoms with Gasteiger partial charge < -0.3 is 19.9 Å². The normalized spacial score (nSPS) is 15.8. The monoisotopic (exact) mass is 427 g/mol. The van der Waals surface area contributed by atoms with Crippen molar-refractivity contribution in [3.8, 4) is 5.75 Å². The highest BCUT2D eigenvalue weighted by Gasteiger charge is 2.36. The summed E-state index contributed by atoms with van der Waals surface area (Å²) in [7, 11) is 3.15. The van der Waals surface area contributed by atoms with E-state index in [0.717, 1.165) is 10.6 Å². The van der Waals surface area contributed by atoms with Crippen molar-refractivity contribution in [3.05, 3.63) is 48.5 Å². The molecule has 158 valence electrons. The molecule has 1 aliphatic heterocycles. The minimum absolute atomic E-state index is 0.0780. The summed E-state index contributed by atoms with van der Waals surface area (Å²) in [5, 5.41) is 2.85. The molecule has 0 aliphatic carbocycles. The zero-order valence-corrected chi connectivity index (χ0v) is 18.1. The number of carbonyl (C=O) groups is 3. The van der Waals surface area contributed by atoms with Crippen molar-refractivity contribution in [1.82, 2.24) is 4.90 Å². The van der Waals surface area contributed by atoms with Crippen LogP contribution in [-0.4, -0.2) is 56.1 Å². The number of methoxy groups -OCH3 is 1. The van der Waals surface area contributed by atoms with Gasteiger partial charge in [-0.25, -0.2) is 0 Å². The van der Waals surface area contributed by atoms with Crippen LogP contribution < -0.4 is 15.0 Å². The van der Waals surface area contributed by atoms with Crippen molar-refractivity contribution in [3.63, 3.8) is 0 Å². The number of hydrogen-bond acceptors (Lipinski definition) is 5. The number of anilines is 2. The van der Waals surface area contributed by atoms with Crippen LogP contribution in [0.2, 0.25) is 0 Å². The fraction of sp³-hybridized carbons (Fsp3) is 0.318. The lowest BCUT2D eigenvalue weighted by atomic mass is 10.1. The largest absolute Gasteiger partial charge is 0.497 e. The average molecular weight is 428 g/mol. The standard InChI is InChI=1S/C22H25N3O4S/c1-24(14-20(26)23-18-9-4-5-10-19(18)30-3)22(28)15-11-21(27)25(13-15)16-7-6-8-17(12-16)29-2/h4-10,12,15H,11,13-14H2,1-3H3,(H,23,26). The Bertz CT molecular complexity index is 949. The third-order valence-corrected chi connectivity index (χ3v) is 5.77. The zero-order chi connectivity index (χ0) is 21.7. The fourth-order valence-corrected chi connectivity index (χ4v) is 4.00. The molecule has 1 saturated heterocycles. The van der Waals surface area contributed by atoms with E-state index in [1.807, 2.05) is 36.6 Å². The Morgan fingerprint density at radius 2 is 2.00 bits per heavy atom. The molecule has 2 aromatic carbocycles. The summed E-state index contributed by atoms with van der Waals surface area (Å²) in [6.45, 7) is 0.206. The number of thioether (sulfide) groups is 1. The Hall–Kier alpha value is -3.00. The molecular weight excluding hydrogens is 402 g/mol. The van der Waals surface area contributed by atoms with Crippen LogP contribution in [0.3, 0.4) is 0 Å². The molecule has 7 nitrogen and oxygen atoms in total. The molecule has 1 fully saturated rings. The van der Waals surface area contributed by atoms with E-state index in [-0.39, 0.29) is 37.2 Å². The van der Waals surface area contributed by atoms with Crippen LogP contribution in [-0.2, 0) is 14.4 Å². The van der Waals surface area contributed by atoms with E-state index < -0.39 is 5.92 Å². The second kappa shape index (κ2) is 9.67. The molecule has 1 unspecified atom stereocenters. The van der Waals surface area contributed by atoms with Gasteiger partial charge in [0.15, 0.2) is 0 Å². The number of rotatable bonds is 7. The maximum Gasteiger partial charge on any atom is 0.244 e. The highest BCUT2D eigenvalue weighted by Crippen LogP contribution is 2.29. The average Bonchev–Trinajstić information content (AvgIpc) is 3.15. The molecule has 8 heteroatoms. The van der Waals surface area contributed by atoms with Crippen LogP contribution in [0, 0.1) is 5.92 Å². The maximum absolute atomic E-state index is 12.8. The number of likely N-dealkylation sites (N-methyl/N-ethyl adjacent to an activating group) is 1. The van der Waals surface area contributed by atoms with E-state index in [1.165, 1.54) is 16.7 Å². The smallest absolute Gasteiger partial charge is 0.244 e. The van der Waals surface area contributed by atoms with Crippen LogP contribution >= 0.6 is 11.8 Å². The summed E-state index contributed by atoms with van der Waals surface area (Å²) in [6.07, 6.45) is 2.06. The highest BCUT2D eigenvalue weighted by atomic mass is 32.2. The Labute approximate surface area is 180 Å². The molecule has 1 N–H and O–H groups in total. The first-order valence-electron chi connectivity index (χ1n) is 9.55. The van der Waals surface area contributed by atoms with Crippen LogP contribution in [0.5, 0.6) is 5.75 Å². The second-order valence-electron chi connectivity index (χ2n) is 7.05. The Morgan fingerprint density at radius 3 is 2.73 bits per heavy atom. The predicted octanol–water partition coefficient (Wildman–Crippen LogP) is 2.87. The molecule has 1 atom stereocenters. The van der Waals surface area contributed by atoms with Crippen molar-refractivity contribution in [2.75, 3.05) is 43.7 Å². The van der Waals surface area contributed by atoms with E-state index in [9.17, 15) is 14.4 Å². The fourth-order valence-electron chi connectivity index (χ4n) is 3.44. The molecule has 3 amide bonds. The zero-order valence-electron chi connectivity index (χ0n) is 17.3. The van der Waals surface area contributed by atoms with Gasteiger partial charge in [-0.2, -0.15) is 0 Å². The predicted molar refractivity (Wildman–Crippen MR) is 118 cm³/mol. The number of nitrogens with one attached hydrogen (secondary N) is 1. The van der Waals surface area contributed by atoms with Crippen molar-refractivity contribution >= 4 is 40.9 Å². The summed E-state index contributed by atoms with van der Waals surface area (Å²) in [6, 6.07) is 14.7. The van der Waals surface area contributed by atoms with Gasteiger partial charge in [0.2, 0.25) is 17.7 Å². The van der Waals surface area contributed by atoms with Gasteiger partial charge in [0.1, 0.15) is 5.75 Å². The number of ether oxygens (including phenoxy) is 1. The van der Waals surface area contributed by atoms with Gasteiger partial charge in [-0.3, -0.25) is 14.4 Å². The summed E-state index contributed by atoms with van der Waals surface area (Å²) in [5.74, 6) is -0.453. The first kappa shape index (κ1) is 21.7. The second-order valence-corrected chi connectivity index (χ2v) is 7.90. The van der Waals surface area contributed by atoms with Crippen molar-refractivity contribution < 1.29 is 19.1 Å². The molecule has 0 bridgehead atoms. The summed E-state index contributed by atoms with van der Waals surface area (Å²) in [5.41, 5.74) is 1.42. The quantitative estimate of drug-likeness (QED) is 0.688. The molecule has 0 aromatic heterocycles. The van der Waals surface area contributed by atoms with Crippen molar-refractivity contribution in [1.29, 1.82) is 0 Å². The van der Waals surface area contributed by atoms with Crippen LogP contribution in [0.15, 0.2) is 53.4 Å². The van der Waals surface area contributed by atoms with E-state index in [1.54, 1.807) is 37.3 Å². The minimum atomic E-state index is -0.486. The molecule has 1 heterocycles. The first-order chi connectivity index (χ1) is 14.4. The number of para-hydroxylation sites is 1. The first-order valence-corrected chi connectivity index (χ1v) is 10.8. The molecule has 0 saturated carbocycles. The molecule has 1 aliphatic rings. The SMILES string of the molecule is COc1cccc(N2CC(C(=O)N(C)CC(=O)Nc3ccccc3SC)CC2=O)c1. The molecule has 30 heavy (non-hydrogen) atoms. The van der Waals surface area contributed by atoms with Crippen molar-refractivity contribution in [2.45, 2.75) is 11.3 Å². The molecule has 2 aromatic rings. The van der Waals surface area contributed by atoms with Crippen LogP contribution in [0.4, 0.5) is 11.4 Å². The van der Waals surface area contributed by atoms with Gasteiger partial charge in [0, 0.05) is 36.7 Å².